The van der Waals surface area contributed by atoms with E-state index in [0.717, 1.165) is 31.6 Å². The second kappa shape index (κ2) is 12.9. The molecule has 1 aromatic carbocycles. The number of hydrogen-bond acceptors (Lipinski definition) is 5. The number of carbonyl (C=O) groups is 2. The fourth-order valence-corrected chi connectivity index (χ4v) is 3.82. The van der Waals surface area contributed by atoms with Crippen LogP contribution in [0.25, 0.3) is 17.4 Å². The van der Waals surface area contributed by atoms with E-state index in [1.165, 1.54) is 6.08 Å². The first-order valence-corrected chi connectivity index (χ1v) is 12.1. The first kappa shape index (κ1) is 26.2. The Kier molecular flexibility index (Phi) is 9.64. The fourth-order valence-electron chi connectivity index (χ4n) is 3.60. The number of pyridine rings is 1. The minimum atomic E-state index is -0.385. The number of nitrogens with one attached hydrogen (secondary N) is 2. The van der Waals surface area contributed by atoms with Crippen LogP contribution in [0.1, 0.15) is 41.9 Å². The highest BCUT2D eigenvalue weighted by atomic mass is 35.5. The molecule has 35 heavy (non-hydrogen) atoms. The van der Waals surface area contributed by atoms with Crippen molar-refractivity contribution in [2.75, 3.05) is 26.2 Å². The monoisotopic (exact) mass is 494 g/mol. The predicted octanol–water partition coefficient (Wildman–Crippen LogP) is 4.92. The number of hydrogen-bond donors (Lipinski definition) is 2. The van der Waals surface area contributed by atoms with Crippen molar-refractivity contribution in [2.45, 2.75) is 27.2 Å². The Morgan fingerprint density at radius 1 is 1.09 bits per heavy atom. The summed E-state index contributed by atoms with van der Waals surface area (Å²) in [6.45, 7) is 9.37. The van der Waals surface area contributed by atoms with Crippen LogP contribution >= 0.6 is 11.6 Å². The smallest absolute Gasteiger partial charge is 0.267 e. The number of halogens is 1. The van der Waals surface area contributed by atoms with Crippen LogP contribution in [0.5, 0.6) is 0 Å². The van der Waals surface area contributed by atoms with Crippen LogP contribution in [0.2, 0.25) is 5.15 Å². The van der Waals surface area contributed by atoms with Gasteiger partial charge in [-0.2, -0.15) is 0 Å². The van der Waals surface area contributed by atoms with E-state index in [9.17, 15) is 9.59 Å². The van der Waals surface area contributed by atoms with Crippen molar-refractivity contribution in [1.82, 2.24) is 20.5 Å². The van der Waals surface area contributed by atoms with Crippen LogP contribution in [0.4, 0.5) is 0 Å². The van der Waals surface area contributed by atoms with Crippen molar-refractivity contribution in [3.05, 3.63) is 82.5 Å². The molecule has 0 atom stereocenters. The van der Waals surface area contributed by atoms with E-state index in [-0.39, 0.29) is 17.5 Å². The summed E-state index contributed by atoms with van der Waals surface area (Å²) in [6, 6.07) is 14.2. The van der Waals surface area contributed by atoms with Gasteiger partial charge in [0.25, 0.3) is 11.8 Å². The molecule has 0 aliphatic heterocycles. The first-order chi connectivity index (χ1) is 16.9. The molecule has 3 aromatic rings. The van der Waals surface area contributed by atoms with Crippen LogP contribution in [0, 0.1) is 6.92 Å². The van der Waals surface area contributed by atoms with E-state index in [1.54, 1.807) is 42.6 Å². The molecule has 2 N–H and O–H groups in total. The molecule has 0 aliphatic carbocycles. The maximum Gasteiger partial charge on any atom is 0.267 e. The largest absolute Gasteiger partial charge is 0.457 e. The second-order valence-corrected chi connectivity index (χ2v) is 8.37. The summed E-state index contributed by atoms with van der Waals surface area (Å²) in [4.78, 5) is 32.3. The summed E-state index contributed by atoms with van der Waals surface area (Å²) in [5.74, 6) is 0.162. The summed E-state index contributed by atoms with van der Waals surface area (Å²) in [7, 11) is 0. The van der Waals surface area contributed by atoms with Gasteiger partial charge in [0.2, 0.25) is 0 Å². The fraction of sp³-hybridized carbons (Fsp3) is 0.296. The Labute approximate surface area is 211 Å². The van der Waals surface area contributed by atoms with Crippen molar-refractivity contribution in [3.8, 4) is 11.3 Å². The lowest BCUT2D eigenvalue weighted by molar-refractivity contribution is -0.117. The van der Waals surface area contributed by atoms with Gasteiger partial charge < -0.3 is 20.0 Å². The Morgan fingerprint density at radius 2 is 1.86 bits per heavy atom. The van der Waals surface area contributed by atoms with Crippen molar-refractivity contribution >= 4 is 29.5 Å². The molecule has 0 saturated heterocycles. The number of rotatable bonds is 11. The number of nitrogens with zero attached hydrogens (tertiary/aromatic N) is 2. The summed E-state index contributed by atoms with van der Waals surface area (Å²) in [5, 5.41) is 5.98. The topological polar surface area (TPSA) is 87.5 Å². The standard InChI is InChI=1S/C27H31ClN4O3/c1-4-32(5-2)17-9-16-30-27(34)23(31-26(33)21-11-7-6-10-19(21)3)18-20-13-14-24(35-20)22-12-8-15-29-25(22)28/h6-8,10-15,18H,4-5,9,16-17H2,1-3H3,(H,30,34)(H,31,33). The van der Waals surface area contributed by atoms with Gasteiger partial charge in [0.1, 0.15) is 22.4 Å². The molecule has 7 nitrogen and oxygen atoms in total. The number of aryl methyl sites for hydroxylation is 1. The van der Waals surface area contributed by atoms with Gasteiger partial charge >= 0.3 is 0 Å². The molecule has 0 spiro atoms. The molecule has 3 rings (SSSR count). The average Bonchev–Trinajstić information content (AvgIpc) is 3.32. The van der Waals surface area contributed by atoms with Crippen molar-refractivity contribution in [3.63, 3.8) is 0 Å². The minimum Gasteiger partial charge on any atom is -0.457 e. The highest BCUT2D eigenvalue weighted by Gasteiger charge is 2.17. The Morgan fingerprint density at radius 3 is 2.57 bits per heavy atom. The van der Waals surface area contributed by atoms with Crippen LogP contribution in [-0.2, 0) is 4.79 Å². The predicted molar refractivity (Wildman–Crippen MR) is 139 cm³/mol. The van der Waals surface area contributed by atoms with Crippen molar-refractivity contribution in [2.24, 2.45) is 0 Å². The molecule has 0 radical (unpaired) electrons. The summed E-state index contributed by atoms with van der Waals surface area (Å²) >= 11 is 6.18. The molecule has 0 unspecified atom stereocenters. The zero-order chi connectivity index (χ0) is 25.2. The molecule has 2 heterocycles. The number of furan rings is 1. The van der Waals surface area contributed by atoms with E-state index in [4.69, 9.17) is 16.0 Å². The number of aromatic nitrogens is 1. The molecule has 0 bridgehead atoms. The van der Waals surface area contributed by atoms with Gasteiger partial charge in [0, 0.05) is 24.4 Å². The van der Waals surface area contributed by atoms with E-state index in [0.29, 0.717) is 34.3 Å². The highest BCUT2D eigenvalue weighted by Crippen LogP contribution is 2.28. The average molecular weight is 495 g/mol. The van der Waals surface area contributed by atoms with Gasteiger partial charge in [0.05, 0.1) is 5.56 Å². The lowest BCUT2D eigenvalue weighted by Crippen LogP contribution is -2.36. The molecule has 184 valence electrons. The first-order valence-electron chi connectivity index (χ1n) is 11.7. The maximum absolute atomic E-state index is 13.0. The third-order valence-corrected chi connectivity index (χ3v) is 5.95. The van der Waals surface area contributed by atoms with Gasteiger partial charge in [0.15, 0.2) is 0 Å². The van der Waals surface area contributed by atoms with E-state index >= 15 is 0 Å². The molecule has 0 saturated carbocycles. The van der Waals surface area contributed by atoms with Crippen molar-refractivity contribution in [1.29, 1.82) is 0 Å². The minimum absolute atomic E-state index is 0.0966. The number of benzene rings is 1. The highest BCUT2D eigenvalue weighted by molar-refractivity contribution is 6.31. The third kappa shape index (κ3) is 7.28. The van der Waals surface area contributed by atoms with E-state index < -0.39 is 0 Å². The number of carbonyl (C=O) groups excluding carboxylic acids is 2. The van der Waals surface area contributed by atoms with Crippen LogP contribution < -0.4 is 10.6 Å². The van der Waals surface area contributed by atoms with Crippen LogP contribution in [0.3, 0.4) is 0 Å². The molecule has 8 heteroatoms. The quantitative estimate of drug-likeness (QED) is 0.224. The van der Waals surface area contributed by atoms with Crippen LogP contribution in [0.15, 0.2) is 64.8 Å². The summed E-state index contributed by atoms with van der Waals surface area (Å²) in [5.41, 5.74) is 2.05. The Balaban J connectivity index is 1.80. The number of amides is 2. The zero-order valence-corrected chi connectivity index (χ0v) is 21.1. The Bertz CT molecular complexity index is 1180. The molecular weight excluding hydrogens is 464 g/mol. The van der Waals surface area contributed by atoms with Gasteiger partial charge in [-0.3, -0.25) is 9.59 Å². The van der Waals surface area contributed by atoms with Gasteiger partial charge in [-0.25, -0.2) is 4.98 Å². The Hall–Kier alpha value is -3.42. The summed E-state index contributed by atoms with van der Waals surface area (Å²) < 4.78 is 5.89. The van der Waals surface area contributed by atoms with Gasteiger partial charge in [-0.1, -0.05) is 43.6 Å². The molecular formula is C27H31ClN4O3. The molecule has 0 fully saturated rings. The normalized spacial score (nSPS) is 11.5. The van der Waals surface area contributed by atoms with Gasteiger partial charge in [-0.15, -0.1) is 0 Å². The third-order valence-electron chi connectivity index (χ3n) is 5.65. The molecule has 2 aromatic heterocycles. The second-order valence-electron chi connectivity index (χ2n) is 8.01. The van der Waals surface area contributed by atoms with E-state index in [1.807, 2.05) is 19.1 Å². The molecule has 0 aliphatic rings. The van der Waals surface area contributed by atoms with Gasteiger partial charge in [-0.05, 0) is 68.9 Å². The SMILES string of the molecule is CCN(CC)CCCNC(=O)C(=Cc1ccc(-c2cccnc2Cl)o1)NC(=O)c1ccccc1C. The lowest BCUT2D eigenvalue weighted by atomic mass is 10.1. The van der Waals surface area contributed by atoms with E-state index in [2.05, 4.69) is 34.4 Å². The van der Waals surface area contributed by atoms with Crippen molar-refractivity contribution < 1.29 is 14.0 Å². The van der Waals surface area contributed by atoms with Crippen LogP contribution in [-0.4, -0.2) is 47.9 Å². The lowest BCUT2D eigenvalue weighted by Gasteiger charge is -2.18. The molecule has 2 amide bonds. The zero-order valence-electron chi connectivity index (χ0n) is 20.3. The summed E-state index contributed by atoms with van der Waals surface area (Å²) in [6.07, 6.45) is 3.92. The maximum atomic E-state index is 13.0.